The predicted molar refractivity (Wildman–Crippen MR) is 78.4 cm³/mol. The molecule has 0 radical (unpaired) electrons. The van der Waals surface area contributed by atoms with Gasteiger partial charge in [0.1, 0.15) is 0 Å². The van der Waals surface area contributed by atoms with Gasteiger partial charge in [0, 0.05) is 11.1 Å². The Morgan fingerprint density at radius 1 is 0.947 bits per heavy atom. The van der Waals surface area contributed by atoms with Crippen molar-refractivity contribution < 1.29 is 4.79 Å². The van der Waals surface area contributed by atoms with Crippen molar-refractivity contribution >= 4 is 11.9 Å². The first kappa shape index (κ1) is 12.9. The fourth-order valence-electron chi connectivity index (χ4n) is 1.61. The molecule has 0 N–H and O–H groups in total. The van der Waals surface area contributed by atoms with E-state index in [1.165, 1.54) is 0 Å². The summed E-state index contributed by atoms with van der Waals surface area (Å²) < 4.78 is 0. The molecule has 0 spiro atoms. The summed E-state index contributed by atoms with van der Waals surface area (Å²) in [6.45, 7) is 1.79. The van der Waals surface area contributed by atoms with E-state index in [1.54, 1.807) is 6.92 Å². The second kappa shape index (κ2) is 6.37. The molecule has 92 valence electrons. The van der Waals surface area contributed by atoms with Gasteiger partial charge in [-0.15, -0.1) is 0 Å². The minimum atomic E-state index is -0.146. The lowest BCUT2D eigenvalue weighted by atomic mass is 10.1. The normalized spacial score (nSPS) is 10.5. The highest BCUT2D eigenvalue weighted by molar-refractivity contribution is 6.11. The SMILES string of the molecule is C/C(=C/c1ccccc1)C(=O)C#Cc1ccccc1. The quantitative estimate of drug-likeness (QED) is 0.583. The Kier molecular flexibility index (Phi) is 4.31. The molecule has 0 amide bonds. The van der Waals surface area contributed by atoms with E-state index in [0.717, 1.165) is 11.1 Å². The van der Waals surface area contributed by atoms with Gasteiger partial charge in [0.15, 0.2) is 0 Å². The van der Waals surface area contributed by atoms with Gasteiger partial charge in [0.25, 0.3) is 0 Å². The molecule has 0 aliphatic carbocycles. The van der Waals surface area contributed by atoms with Crippen LogP contribution in [0.4, 0.5) is 0 Å². The lowest BCUT2D eigenvalue weighted by Crippen LogP contribution is -1.94. The first-order valence-corrected chi connectivity index (χ1v) is 6.10. The first-order chi connectivity index (χ1) is 9.25. The molecule has 0 atom stereocenters. The summed E-state index contributed by atoms with van der Waals surface area (Å²) in [5.41, 5.74) is 2.51. The standard InChI is InChI=1S/C18H14O/c1-15(14-17-10-6-3-7-11-17)18(19)13-12-16-8-4-2-5-9-16/h2-11,14H,1H3/b15-14-. The number of rotatable bonds is 2. The number of hydrogen-bond donors (Lipinski definition) is 0. The summed E-state index contributed by atoms with van der Waals surface area (Å²) in [4.78, 5) is 11.9. The zero-order valence-corrected chi connectivity index (χ0v) is 10.8. The lowest BCUT2D eigenvalue weighted by molar-refractivity contribution is -0.110. The highest BCUT2D eigenvalue weighted by Gasteiger charge is 1.99. The van der Waals surface area contributed by atoms with E-state index in [9.17, 15) is 4.79 Å². The second-order valence-electron chi connectivity index (χ2n) is 4.18. The van der Waals surface area contributed by atoms with E-state index >= 15 is 0 Å². The molecule has 2 aromatic carbocycles. The van der Waals surface area contributed by atoms with E-state index in [1.807, 2.05) is 66.7 Å². The van der Waals surface area contributed by atoms with Crippen LogP contribution in [0.3, 0.4) is 0 Å². The Balaban J connectivity index is 2.13. The van der Waals surface area contributed by atoms with Gasteiger partial charge in [-0.05, 0) is 36.6 Å². The number of hydrogen-bond acceptors (Lipinski definition) is 1. The molecule has 0 aromatic heterocycles. The summed E-state index contributed by atoms with van der Waals surface area (Å²) in [7, 11) is 0. The van der Waals surface area contributed by atoms with Gasteiger partial charge in [-0.25, -0.2) is 0 Å². The van der Waals surface area contributed by atoms with Gasteiger partial charge in [-0.2, -0.15) is 0 Å². The highest BCUT2D eigenvalue weighted by atomic mass is 16.1. The van der Waals surface area contributed by atoms with E-state index in [-0.39, 0.29) is 5.78 Å². The number of allylic oxidation sites excluding steroid dienone is 1. The summed E-state index contributed by atoms with van der Waals surface area (Å²) >= 11 is 0. The molecule has 1 heteroatoms. The minimum Gasteiger partial charge on any atom is -0.280 e. The molecule has 0 aliphatic heterocycles. The summed E-state index contributed by atoms with van der Waals surface area (Å²) in [6, 6.07) is 19.3. The molecule has 2 rings (SSSR count). The van der Waals surface area contributed by atoms with E-state index in [4.69, 9.17) is 0 Å². The molecule has 0 bridgehead atoms. The molecule has 0 heterocycles. The largest absolute Gasteiger partial charge is 0.280 e. The van der Waals surface area contributed by atoms with Crippen LogP contribution in [0.1, 0.15) is 18.1 Å². The van der Waals surface area contributed by atoms with E-state index in [0.29, 0.717) is 5.57 Å². The predicted octanol–water partition coefficient (Wildman–Crippen LogP) is 3.71. The van der Waals surface area contributed by atoms with Crippen molar-refractivity contribution in [1.82, 2.24) is 0 Å². The Hall–Kier alpha value is -2.59. The van der Waals surface area contributed by atoms with Crippen LogP contribution in [0.15, 0.2) is 66.2 Å². The third kappa shape index (κ3) is 3.97. The average molecular weight is 246 g/mol. The van der Waals surface area contributed by atoms with E-state index < -0.39 is 0 Å². The maximum absolute atomic E-state index is 11.9. The number of Topliss-reactive ketones (excluding diaryl/α,β-unsaturated/α-hetero) is 1. The highest BCUT2D eigenvalue weighted by Crippen LogP contribution is 2.06. The summed E-state index contributed by atoms with van der Waals surface area (Å²) in [5.74, 6) is 5.39. The van der Waals surface area contributed by atoms with Crippen LogP contribution in [0.2, 0.25) is 0 Å². The molecule has 19 heavy (non-hydrogen) atoms. The third-order valence-corrected chi connectivity index (χ3v) is 2.64. The topological polar surface area (TPSA) is 17.1 Å². The van der Waals surface area contributed by atoms with Crippen molar-refractivity contribution in [3.63, 3.8) is 0 Å². The number of carbonyl (C=O) groups excluding carboxylic acids is 1. The molecule has 0 saturated heterocycles. The van der Waals surface area contributed by atoms with Crippen LogP contribution in [0, 0.1) is 11.8 Å². The van der Waals surface area contributed by atoms with Crippen molar-refractivity contribution in [3.8, 4) is 11.8 Å². The molecular weight excluding hydrogens is 232 g/mol. The van der Waals surface area contributed by atoms with Crippen molar-refractivity contribution in [2.45, 2.75) is 6.92 Å². The summed E-state index contributed by atoms with van der Waals surface area (Å²) in [5, 5.41) is 0. The van der Waals surface area contributed by atoms with Crippen LogP contribution >= 0.6 is 0 Å². The van der Waals surface area contributed by atoms with Crippen LogP contribution < -0.4 is 0 Å². The zero-order valence-electron chi connectivity index (χ0n) is 10.8. The van der Waals surface area contributed by atoms with Gasteiger partial charge in [-0.1, -0.05) is 54.5 Å². The fraction of sp³-hybridized carbons (Fsp3) is 0.0556. The van der Waals surface area contributed by atoms with Crippen LogP contribution in [-0.2, 0) is 4.79 Å². The molecule has 0 aliphatic rings. The number of benzene rings is 2. The van der Waals surface area contributed by atoms with Gasteiger partial charge in [-0.3, -0.25) is 4.79 Å². The van der Waals surface area contributed by atoms with Crippen molar-refractivity contribution in [2.75, 3.05) is 0 Å². The molecule has 1 nitrogen and oxygen atoms in total. The van der Waals surface area contributed by atoms with Crippen molar-refractivity contribution in [2.24, 2.45) is 0 Å². The van der Waals surface area contributed by atoms with Crippen LogP contribution in [-0.4, -0.2) is 5.78 Å². The zero-order chi connectivity index (χ0) is 13.5. The minimum absolute atomic E-state index is 0.146. The first-order valence-electron chi connectivity index (χ1n) is 6.10. The average Bonchev–Trinajstić information content (AvgIpc) is 2.47. The van der Waals surface area contributed by atoms with Gasteiger partial charge < -0.3 is 0 Å². The Labute approximate surface area is 113 Å². The van der Waals surface area contributed by atoms with Gasteiger partial charge in [0.2, 0.25) is 5.78 Å². The Bertz CT molecular complexity index is 640. The molecule has 2 aromatic rings. The molecule has 0 unspecified atom stereocenters. The second-order valence-corrected chi connectivity index (χ2v) is 4.18. The van der Waals surface area contributed by atoms with E-state index in [2.05, 4.69) is 11.8 Å². The maximum Gasteiger partial charge on any atom is 0.231 e. The van der Waals surface area contributed by atoms with Crippen molar-refractivity contribution in [1.29, 1.82) is 0 Å². The molecule has 0 fully saturated rings. The van der Waals surface area contributed by atoms with Crippen LogP contribution in [0.5, 0.6) is 0 Å². The fourth-order valence-corrected chi connectivity index (χ4v) is 1.61. The number of ketones is 1. The summed E-state index contributed by atoms with van der Waals surface area (Å²) in [6.07, 6.45) is 1.85. The van der Waals surface area contributed by atoms with Gasteiger partial charge >= 0.3 is 0 Å². The molecule has 0 saturated carbocycles. The third-order valence-electron chi connectivity index (χ3n) is 2.64. The lowest BCUT2D eigenvalue weighted by Gasteiger charge is -1.95. The number of carbonyl (C=O) groups is 1. The monoisotopic (exact) mass is 246 g/mol. The maximum atomic E-state index is 11.9. The van der Waals surface area contributed by atoms with Crippen LogP contribution in [0.25, 0.3) is 6.08 Å². The molecular formula is C18H14O. The smallest absolute Gasteiger partial charge is 0.231 e. The van der Waals surface area contributed by atoms with Crippen molar-refractivity contribution in [3.05, 3.63) is 77.4 Å². The Morgan fingerprint density at radius 2 is 1.53 bits per heavy atom. The Morgan fingerprint density at radius 3 is 2.16 bits per heavy atom. The van der Waals surface area contributed by atoms with Gasteiger partial charge in [0.05, 0.1) is 0 Å².